The van der Waals surface area contributed by atoms with Crippen molar-refractivity contribution in [2.75, 3.05) is 0 Å². The molecule has 4 heterocycles. The second-order valence-corrected chi connectivity index (χ2v) is 29.4. The van der Waals surface area contributed by atoms with Gasteiger partial charge >= 0.3 is 17.1 Å². The molecule has 8 heteroatoms. The van der Waals surface area contributed by atoms with Gasteiger partial charge in [-0.25, -0.2) is 0 Å². The van der Waals surface area contributed by atoms with E-state index >= 15 is 0 Å². The van der Waals surface area contributed by atoms with Crippen molar-refractivity contribution < 1.29 is 17.1 Å². The fourth-order valence-electron chi connectivity index (χ4n) is 11.0. The summed E-state index contributed by atoms with van der Waals surface area (Å²) in [5, 5.41) is 16.6. The second-order valence-electron chi connectivity index (χ2n) is 21.1. The van der Waals surface area contributed by atoms with Crippen molar-refractivity contribution >= 4 is 115 Å². The molecular formula is C83H67CuN3P3S+2. The number of H-pyrrole nitrogens is 1. The topological polar surface area (TPSA) is 42.8 Å². The maximum Gasteiger partial charge on any atom is 1.00 e. The van der Waals surface area contributed by atoms with Crippen LogP contribution in [-0.2, 0) is 17.1 Å². The number of nitrogens with one attached hydrogen (secondary N) is 1. The van der Waals surface area contributed by atoms with Crippen molar-refractivity contribution in [3.8, 4) is 21.7 Å². The molecular weight excluding hydrogens is 1230 g/mol. The third-order valence-corrected chi connectivity index (χ3v) is 24.2. The quantitative estimate of drug-likeness (QED) is 0.104. The van der Waals surface area contributed by atoms with Crippen molar-refractivity contribution in [1.82, 2.24) is 15.0 Å². The van der Waals surface area contributed by atoms with Crippen molar-refractivity contribution in [2.45, 2.75) is 0 Å². The molecule has 16 aromatic rings. The van der Waals surface area contributed by atoms with Crippen LogP contribution in [0.5, 0.6) is 0 Å². The summed E-state index contributed by atoms with van der Waals surface area (Å²) < 4.78 is 1.34. The fourth-order valence-corrected chi connectivity index (χ4v) is 19.5. The maximum atomic E-state index is 4.36. The monoisotopic (exact) mass is 1290 g/mol. The average molecular weight is 1300 g/mol. The van der Waals surface area contributed by atoms with Crippen molar-refractivity contribution in [3.05, 3.63) is 389 Å². The van der Waals surface area contributed by atoms with Gasteiger partial charge in [-0.05, 0) is 143 Å². The predicted molar refractivity (Wildman–Crippen MR) is 398 cm³/mol. The number of benzene rings is 12. The van der Waals surface area contributed by atoms with E-state index in [1.54, 1.807) is 6.20 Å². The molecule has 0 amide bonds. The van der Waals surface area contributed by atoms with Gasteiger partial charge < -0.3 is 9.97 Å². The van der Waals surface area contributed by atoms with Crippen LogP contribution in [0.15, 0.2) is 389 Å². The number of nitrogens with zero attached hydrogens (tertiary/aromatic N) is 2. The summed E-state index contributed by atoms with van der Waals surface area (Å²) in [5.74, 6) is 0. The SMILES string of the molecule is [Cu+].c1ccc(-c2cccc3cc[n-]c23)nc1.c1ccc(P(c2ccccc2)c2ccccc2)cc1.c1ccc([PH+](c2ccccc2)c2ccccc2)cc1.c1ccc([PH+](c2ccccc2)c2ccccc2)cc1.c1ccc2sc(-c3cccc4cc[nH]c34)cc2c1. The van der Waals surface area contributed by atoms with E-state index in [0.29, 0.717) is 0 Å². The molecule has 4 aromatic heterocycles. The van der Waals surface area contributed by atoms with Crippen LogP contribution in [0.2, 0.25) is 0 Å². The zero-order chi connectivity index (χ0) is 60.8. The third kappa shape index (κ3) is 16.5. The zero-order valence-corrected chi connectivity index (χ0v) is 54.7. The number of rotatable bonds is 11. The molecule has 0 unspecified atom stereocenters. The smallest absolute Gasteiger partial charge is 0.663 e. The van der Waals surface area contributed by atoms with E-state index in [9.17, 15) is 0 Å². The Balaban J connectivity index is 0.000000117. The number of aromatic amines is 1. The summed E-state index contributed by atoms with van der Waals surface area (Å²) >= 11 is 1.85. The van der Waals surface area contributed by atoms with E-state index in [4.69, 9.17) is 0 Å². The Hall–Kier alpha value is -9.36. The molecule has 0 bridgehead atoms. The first-order chi connectivity index (χ1) is 44.7. The van der Waals surface area contributed by atoms with Crippen LogP contribution in [0.4, 0.5) is 0 Å². The first-order valence-electron chi connectivity index (χ1n) is 30.2. The van der Waals surface area contributed by atoms with Gasteiger partial charge in [0.15, 0.2) is 0 Å². The van der Waals surface area contributed by atoms with Gasteiger partial charge in [-0.1, -0.05) is 267 Å². The normalized spacial score (nSPS) is 10.6. The largest absolute Gasteiger partial charge is 1.00 e. The van der Waals surface area contributed by atoms with Gasteiger partial charge in [0.2, 0.25) is 0 Å². The predicted octanol–water partition coefficient (Wildman–Crippen LogP) is 17.7. The molecule has 0 aliphatic rings. The summed E-state index contributed by atoms with van der Waals surface area (Å²) in [5.41, 5.74) is 5.61. The molecule has 1 N–H and O–H groups in total. The van der Waals surface area contributed by atoms with Gasteiger partial charge in [0.05, 0.1) is 27.1 Å². The average Bonchev–Trinajstić information content (AvgIpc) is 2.24. The Labute approximate surface area is 553 Å². The molecule has 0 saturated heterocycles. The number of hydrogen-bond acceptors (Lipinski definition) is 2. The second kappa shape index (κ2) is 32.9. The van der Waals surface area contributed by atoms with Crippen molar-refractivity contribution in [3.63, 3.8) is 0 Å². The summed E-state index contributed by atoms with van der Waals surface area (Å²) in [6.45, 7) is 0. The minimum atomic E-state index is -0.877. The summed E-state index contributed by atoms with van der Waals surface area (Å²) in [6, 6.07) is 131. The van der Waals surface area contributed by atoms with Gasteiger partial charge in [0.25, 0.3) is 0 Å². The minimum absolute atomic E-state index is 0. The van der Waals surface area contributed by atoms with E-state index in [-0.39, 0.29) is 17.1 Å². The Kier molecular flexibility index (Phi) is 22.9. The summed E-state index contributed by atoms with van der Waals surface area (Å²) in [6.07, 6.45) is 5.63. The fraction of sp³-hybridized carbons (Fsp3) is 0. The summed E-state index contributed by atoms with van der Waals surface area (Å²) in [4.78, 5) is 13.4. The van der Waals surface area contributed by atoms with Gasteiger partial charge in [-0.15, -0.1) is 16.9 Å². The van der Waals surface area contributed by atoms with Crippen LogP contribution in [0.25, 0.3) is 53.6 Å². The maximum absolute atomic E-state index is 4.36. The molecule has 0 atom stereocenters. The number of fused-ring (bicyclic) bond motifs is 3. The van der Waals surface area contributed by atoms with Gasteiger partial charge in [-0.3, -0.25) is 4.98 Å². The molecule has 0 aliphatic carbocycles. The molecule has 16 rings (SSSR count). The molecule has 91 heavy (non-hydrogen) atoms. The van der Waals surface area contributed by atoms with E-state index in [1.165, 1.54) is 79.2 Å². The zero-order valence-electron chi connectivity index (χ0n) is 50.0. The molecule has 12 aromatic carbocycles. The van der Waals surface area contributed by atoms with Crippen LogP contribution in [0.3, 0.4) is 0 Å². The standard InChI is InChI=1S/3C18H15P.C16H11NS.C13H9N2.Cu/c3*1-4-10-16(11-5-1)19(17-12-6-2-7-13-17)18-14-8-3-9-15-18;1-2-7-14-12(4-1)10-15(18-14)13-6-3-5-11-8-9-17-16(11)13;1-2-8-14-12(6-1)11-5-3-4-10-7-9-15-13(10)11;/h3*1-15H;1-10,17H;1-9H;/q;;;;-1;+1/p+2. The number of pyridine rings is 1. The van der Waals surface area contributed by atoms with E-state index in [1.807, 2.05) is 54.1 Å². The Morgan fingerprint density at radius 2 is 0.703 bits per heavy atom. The molecule has 3 nitrogen and oxygen atoms in total. The Morgan fingerprint density at radius 3 is 1.12 bits per heavy atom. The van der Waals surface area contributed by atoms with Crippen LogP contribution in [-0.4, -0.2) is 9.97 Å². The molecule has 0 fully saturated rings. The van der Waals surface area contributed by atoms with Crippen LogP contribution in [0.1, 0.15) is 0 Å². The summed E-state index contributed by atoms with van der Waals surface area (Å²) in [7, 11) is -2.20. The number of hydrogen-bond donors (Lipinski definition) is 1. The molecule has 0 aliphatic heterocycles. The Bertz CT molecular complexity index is 4100. The Morgan fingerprint density at radius 1 is 0.330 bits per heavy atom. The molecule has 0 spiro atoms. The van der Waals surface area contributed by atoms with E-state index in [0.717, 1.165) is 22.2 Å². The van der Waals surface area contributed by atoms with Crippen molar-refractivity contribution in [1.29, 1.82) is 0 Å². The number of thiophene rings is 1. The molecule has 0 saturated carbocycles. The number of aromatic nitrogens is 3. The first-order valence-corrected chi connectivity index (χ1v) is 35.4. The molecule has 0 radical (unpaired) electrons. The minimum Gasteiger partial charge on any atom is -0.663 e. The van der Waals surface area contributed by atoms with E-state index in [2.05, 4.69) is 355 Å². The third-order valence-electron chi connectivity index (χ3n) is 15.2. The van der Waals surface area contributed by atoms with Crippen LogP contribution >= 0.6 is 35.1 Å². The van der Waals surface area contributed by atoms with Crippen LogP contribution < -0.4 is 52.7 Å². The van der Waals surface area contributed by atoms with E-state index < -0.39 is 23.8 Å². The van der Waals surface area contributed by atoms with Crippen LogP contribution in [0, 0.1) is 0 Å². The van der Waals surface area contributed by atoms with Gasteiger partial charge in [-0.2, -0.15) is 6.20 Å². The molecule has 444 valence electrons. The van der Waals surface area contributed by atoms with Gasteiger partial charge in [0, 0.05) is 32.9 Å². The first kappa shape index (κ1) is 63.2. The van der Waals surface area contributed by atoms with Gasteiger partial charge in [0.1, 0.15) is 31.8 Å². The van der Waals surface area contributed by atoms with Crippen molar-refractivity contribution in [2.24, 2.45) is 0 Å². The number of para-hydroxylation sites is 2.